The molecule has 1 atom stereocenters. The third kappa shape index (κ3) is 8.14. The van der Waals surface area contributed by atoms with Crippen LogP contribution in [0.1, 0.15) is 51.0 Å². The van der Waals surface area contributed by atoms with E-state index in [1.54, 1.807) is 0 Å². The Balaban J connectivity index is 2.32. The molecule has 0 aliphatic carbocycles. The second-order valence-corrected chi connectivity index (χ2v) is 5.68. The summed E-state index contributed by atoms with van der Waals surface area (Å²) in [5.74, 6) is -0.468. The topological polar surface area (TPSA) is 89.3 Å². The lowest BCUT2D eigenvalue weighted by atomic mass is 10.0. The van der Waals surface area contributed by atoms with Crippen molar-refractivity contribution in [2.75, 3.05) is 0 Å². The third-order valence-corrected chi connectivity index (χ3v) is 3.73. The van der Waals surface area contributed by atoms with Crippen molar-refractivity contribution < 1.29 is 14.4 Å². The molecule has 1 unspecified atom stereocenters. The van der Waals surface area contributed by atoms with E-state index in [0.29, 0.717) is 19.3 Å². The van der Waals surface area contributed by atoms with Crippen LogP contribution in [-0.4, -0.2) is 23.6 Å². The highest BCUT2D eigenvalue weighted by Crippen LogP contribution is 2.08. The molecule has 1 aromatic rings. The number of unbranched alkanes of at least 4 members (excludes halogenated alkanes) is 2. The van der Waals surface area contributed by atoms with E-state index in [1.807, 2.05) is 37.3 Å². The molecule has 23 heavy (non-hydrogen) atoms. The van der Waals surface area contributed by atoms with Gasteiger partial charge in [-0.2, -0.15) is 0 Å². The third-order valence-electron chi connectivity index (χ3n) is 3.73. The zero-order valence-electron chi connectivity index (χ0n) is 13.7. The standard InChI is InChI=1S/C18H26N2O3/c1-2-15(21)11-7-4-8-12-16(18(19)23)20-17(22)13-14-9-5-3-6-10-14/h3,5-6,9-10,16H,2,4,7-8,11-13H2,1H3,(H2,19,23)(H,20,22). The molecule has 1 rings (SSSR count). The average Bonchev–Trinajstić information content (AvgIpc) is 2.53. The van der Waals surface area contributed by atoms with Gasteiger partial charge in [0.15, 0.2) is 0 Å². The highest BCUT2D eigenvalue weighted by atomic mass is 16.2. The van der Waals surface area contributed by atoms with Gasteiger partial charge in [0.25, 0.3) is 0 Å². The number of benzene rings is 1. The Labute approximate surface area is 137 Å². The molecule has 2 amide bonds. The molecule has 0 heterocycles. The van der Waals surface area contributed by atoms with Crippen LogP contribution in [0.2, 0.25) is 0 Å². The Kier molecular flexibility index (Phi) is 8.65. The first-order chi connectivity index (χ1) is 11.0. The van der Waals surface area contributed by atoms with Gasteiger partial charge in [0.2, 0.25) is 11.8 Å². The lowest BCUT2D eigenvalue weighted by Gasteiger charge is -2.15. The van der Waals surface area contributed by atoms with Gasteiger partial charge >= 0.3 is 0 Å². The number of hydrogen-bond acceptors (Lipinski definition) is 3. The molecule has 126 valence electrons. The summed E-state index contributed by atoms with van der Waals surface area (Å²) in [5, 5.41) is 2.70. The van der Waals surface area contributed by atoms with E-state index in [0.717, 1.165) is 24.8 Å². The number of carbonyl (C=O) groups is 3. The minimum atomic E-state index is -0.645. The summed E-state index contributed by atoms with van der Waals surface area (Å²) in [6.07, 6.45) is 4.32. The Morgan fingerprint density at radius 1 is 1.09 bits per heavy atom. The maximum Gasteiger partial charge on any atom is 0.239 e. The molecule has 0 radical (unpaired) electrons. The fourth-order valence-electron chi connectivity index (χ4n) is 2.34. The van der Waals surface area contributed by atoms with Crippen molar-refractivity contribution in [1.29, 1.82) is 0 Å². The van der Waals surface area contributed by atoms with Crippen LogP contribution in [0.3, 0.4) is 0 Å². The van der Waals surface area contributed by atoms with Crippen molar-refractivity contribution in [1.82, 2.24) is 5.32 Å². The molecule has 0 spiro atoms. The fraction of sp³-hybridized carbons (Fsp3) is 0.500. The van der Waals surface area contributed by atoms with Crippen LogP contribution in [0, 0.1) is 0 Å². The number of nitrogens with two attached hydrogens (primary N) is 1. The molecule has 0 aliphatic rings. The summed E-state index contributed by atoms with van der Waals surface area (Å²) in [5.41, 5.74) is 6.25. The van der Waals surface area contributed by atoms with Gasteiger partial charge in [-0.05, 0) is 18.4 Å². The number of hydrogen-bond donors (Lipinski definition) is 2. The van der Waals surface area contributed by atoms with Gasteiger partial charge < -0.3 is 11.1 Å². The minimum absolute atomic E-state index is 0.207. The molecule has 1 aromatic carbocycles. The quantitative estimate of drug-likeness (QED) is 0.612. The van der Waals surface area contributed by atoms with Crippen molar-refractivity contribution in [3.8, 4) is 0 Å². The smallest absolute Gasteiger partial charge is 0.239 e. The maximum absolute atomic E-state index is 12.0. The molecular weight excluding hydrogens is 292 g/mol. The van der Waals surface area contributed by atoms with Crippen LogP contribution < -0.4 is 11.1 Å². The number of ketones is 1. The van der Waals surface area contributed by atoms with Crippen molar-refractivity contribution >= 4 is 17.6 Å². The van der Waals surface area contributed by atoms with Crippen LogP contribution >= 0.6 is 0 Å². The first-order valence-electron chi connectivity index (χ1n) is 8.17. The molecule has 0 saturated carbocycles. The lowest BCUT2D eigenvalue weighted by Crippen LogP contribution is -2.44. The second kappa shape index (κ2) is 10.5. The Morgan fingerprint density at radius 3 is 2.39 bits per heavy atom. The number of Topliss-reactive ketones (excluding diaryl/α,β-unsaturated/α-hetero) is 1. The molecule has 3 N–H and O–H groups in total. The average molecular weight is 318 g/mol. The monoisotopic (exact) mass is 318 g/mol. The summed E-state index contributed by atoms with van der Waals surface area (Å²) in [6.45, 7) is 1.85. The van der Waals surface area contributed by atoms with Gasteiger partial charge in [0.1, 0.15) is 11.8 Å². The SMILES string of the molecule is CCC(=O)CCCCCC(NC(=O)Cc1ccccc1)C(N)=O. The summed E-state index contributed by atoms with van der Waals surface area (Å²) in [6, 6.07) is 8.70. The summed E-state index contributed by atoms with van der Waals surface area (Å²) in [4.78, 5) is 34.6. The van der Waals surface area contributed by atoms with E-state index >= 15 is 0 Å². The first kappa shape index (κ1) is 18.9. The number of rotatable bonds is 11. The molecular formula is C18H26N2O3. The highest BCUT2D eigenvalue weighted by molar-refractivity contribution is 5.87. The van der Waals surface area contributed by atoms with Crippen molar-refractivity contribution in [2.24, 2.45) is 5.73 Å². The van der Waals surface area contributed by atoms with E-state index in [4.69, 9.17) is 5.73 Å². The number of carbonyl (C=O) groups excluding carboxylic acids is 3. The summed E-state index contributed by atoms with van der Waals surface area (Å²) >= 11 is 0. The number of nitrogens with one attached hydrogen (secondary N) is 1. The van der Waals surface area contributed by atoms with E-state index in [9.17, 15) is 14.4 Å². The molecule has 0 bridgehead atoms. The predicted octanol–water partition coefficient (Wildman–Crippen LogP) is 2.13. The van der Waals surface area contributed by atoms with Gasteiger partial charge in [-0.25, -0.2) is 0 Å². The Bertz CT molecular complexity index is 514. The number of amides is 2. The molecule has 5 nitrogen and oxygen atoms in total. The normalized spacial score (nSPS) is 11.7. The van der Waals surface area contributed by atoms with Gasteiger partial charge in [-0.3, -0.25) is 14.4 Å². The lowest BCUT2D eigenvalue weighted by molar-refractivity contribution is -0.127. The van der Waals surface area contributed by atoms with Crippen LogP contribution in [-0.2, 0) is 20.8 Å². The van der Waals surface area contributed by atoms with Crippen molar-refractivity contribution in [3.05, 3.63) is 35.9 Å². The van der Waals surface area contributed by atoms with Gasteiger partial charge in [0, 0.05) is 12.8 Å². The van der Waals surface area contributed by atoms with Gasteiger partial charge in [-0.15, -0.1) is 0 Å². The summed E-state index contributed by atoms with van der Waals surface area (Å²) in [7, 11) is 0. The molecule has 0 saturated heterocycles. The van der Waals surface area contributed by atoms with Crippen molar-refractivity contribution in [2.45, 2.75) is 57.9 Å². The zero-order valence-corrected chi connectivity index (χ0v) is 13.7. The maximum atomic E-state index is 12.0. The fourth-order valence-corrected chi connectivity index (χ4v) is 2.34. The second-order valence-electron chi connectivity index (χ2n) is 5.68. The predicted molar refractivity (Wildman–Crippen MR) is 89.7 cm³/mol. The van der Waals surface area contributed by atoms with E-state index in [1.165, 1.54) is 0 Å². The number of primary amides is 1. The van der Waals surface area contributed by atoms with Crippen LogP contribution in [0.4, 0.5) is 0 Å². The van der Waals surface area contributed by atoms with E-state index in [2.05, 4.69) is 5.32 Å². The Hall–Kier alpha value is -2.17. The highest BCUT2D eigenvalue weighted by Gasteiger charge is 2.17. The first-order valence-corrected chi connectivity index (χ1v) is 8.17. The van der Waals surface area contributed by atoms with Crippen LogP contribution in [0.25, 0.3) is 0 Å². The molecule has 0 fully saturated rings. The molecule has 0 aliphatic heterocycles. The van der Waals surface area contributed by atoms with Crippen LogP contribution in [0.5, 0.6) is 0 Å². The molecule has 0 aromatic heterocycles. The van der Waals surface area contributed by atoms with Gasteiger partial charge in [-0.1, -0.05) is 50.1 Å². The Morgan fingerprint density at radius 2 is 1.78 bits per heavy atom. The minimum Gasteiger partial charge on any atom is -0.368 e. The van der Waals surface area contributed by atoms with E-state index in [-0.39, 0.29) is 18.1 Å². The molecule has 5 heteroatoms. The van der Waals surface area contributed by atoms with E-state index < -0.39 is 11.9 Å². The summed E-state index contributed by atoms with van der Waals surface area (Å²) < 4.78 is 0. The van der Waals surface area contributed by atoms with Crippen LogP contribution in [0.15, 0.2) is 30.3 Å². The largest absolute Gasteiger partial charge is 0.368 e. The zero-order chi connectivity index (χ0) is 17.1. The van der Waals surface area contributed by atoms with Gasteiger partial charge in [0.05, 0.1) is 6.42 Å². The van der Waals surface area contributed by atoms with Crippen molar-refractivity contribution in [3.63, 3.8) is 0 Å².